The van der Waals surface area contributed by atoms with Crippen LogP contribution in [0.5, 0.6) is 0 Å². The van der Waals surface area contributed by atoms with Crippen LogP contribution in [0.25, 0.3) is 5.69 Å². The number of hydrogen-bond acceptors (Lipinski definition) is 5. The Morgan fingerprint density at radius 2 is 2.07 bits per heavy atom. The number of carbonyl (C=O) groups excluding carboxylic acids is 2. The number of nitrogens with one attached hydrogen (secondary N) is 2. The van der Waals surface area contributed by atoms with Crippen molar-refractivity contribution in [1.82, 2.24) is 25.3 Å². The first-order valence-corrected chi connectivity index (χ1v) is 9.00. The van der Waals surface area contributed by atoms with Crippen LogP contribution in [0.2, 0.25) is 0 Å². The van der Waals surface area contributed by atoms with Crippen LogP contribution in [-0.2, 0) is 4.79 Å². The maximum atomic E-state index is 12.3. The zero-order valence-corrected chi connectivity index (χ0v) is 16.1. The van der Waals surface area contributed by atoms with E-state index in [4.69, 9.17) is 0 Å². The average Bonchev–Trinajstić information content (AvgIpc) is 3.04. The highest BCUT2D eigenvalue weighted by Crippen LogP contribution is 2.17. The number of rotatable bonds is 6. The van der Waals surface area contributed by atoms with Crippen LogP contribution in [0.3, 0.4) is 0 Å². The molecule has 2 heterocycles. The lowest BCUT2D eigenvalue weighted by molar-refractivity contribution is -0.116. The Morgan fingerprint density at radius 3 is 2.81 bits per heavy atom. The number of nitrogens with zero attached hydrogens (tertiary/aromatic N) is 4. The standard InChI is InChI=1S/C18H17BrN6O2/c1-12-17(23-24-25(12)15-6-2-4-13(19)10-15)18(27)21-9-7-16(26)22-14-5-3-8-20-11-14/h2-6,8,10-11H,7,9H2,1H3,(H,21,27)(H,22,26). The fourth-order valence-electron chi connectivity index (χ4n) is 2.43. The minimum atomic E-state index is -0.372. The van der Waals surface area contributed by atoms with Crippen molar-refractivity contribution in [2.75, 3.05) is 11.9 Å². The van der Waals surface area contributed by atoms with Crippen LogP contribution in [0.1, 0.15) is 22.6 Å². The van der Waals surface area contributed by atoms with Crippen LogP contribution in [0.4, 0.5) is 5.69 Å². The van der Waals surface area contributed by atoms with Gasteiger partial charge in [0.05, 0.1) is 23.3 Å². The molecular formula is C18H17BrN6O2. The lowest BCUT2D eigenvalue weighted by Crippen LogP contribution is -2.28. The summed E-state index contributed by atoms with van der Waals surface area (Å²) in [5.74, 6) is -0.583. The van der Waals surface area contributed by atoms with Gasteiger partial charge >= 0.3 is 0 Å². The highest BCUT2D eigenvalue weighted by atomic mass is 79.9. The number of aromatic nitrogens is 4. The van der Waals surface area contributed by atoms with E-state index >= 15 is 0 Å². The molecular weight excluding hydrogens is 412 g/mol. The molecule has 3 rings (SSSR count). The van der Waals surface area contributed by atoms with Crippen molar-refractivity contribution in [2.45, 2.75) is 13.3 Å². The summed E-state index contributed by atoms with van der Waals surface area (Å²) in [6, 6.07) is 11.0. The van der Waals surface area contributed by atoms with Crippen molar-refractivity contribution in [1.29, 1.82) is 0 Å². The van der Waals surface area contributed by atoms with Crippen molar-refractivity contribution >= 4 is 33.4 Å². The minimum absolute atomic E-state index is 0.138. The third kappa shape index (κ3) is 4.76. The van der Waals surface area contributed by atoms with E-state index in [0.717, 1.165) is 10.2 Å². The predicted molar refractivity (Wildman–Crippen MR) is 104 cm³/mol. The summed E-state index contributed by atoms with van der Waals surface area (Å²) in [6.45, 7) is 1.96. The molecule has 0 saturated carbocycles. The molecule has 8 nitrogen and oxygen atoms in total. The van der Waals surface area contributed by atoms with E-state index in [0.29, 0.717) is 11.4 Å². The first-order chi connectivity index (χ1) is 13.0. The van der Waals surface area contributed by atoms with Crippen molar-refractivity contribution in [3.63, 3.8) is 0 Å². The molecule has 0 saturated heterocycles. The van der Waals surface area contributed by atoms with Crippen molar-refractivity contribution in [3.05, 3.63) is 64.7 Å². The molecule has 0 fully saturated rings. The fourth-order valence-corrected chi connectivity index (χ4v) is 2.81. The molecule has 2 amide bonds. The lowest BCUT2D eigenvalue weighted by atomic mass is 10.2. The second-order valence-electron chi connectivity index (χ2n) is 5.71. The summed E-state index contributed by atoms with van der Waals surface area (Å²) in [5, 5.41) is 13.4. The Bertz CT molecular complexity index is 957. The topological polar surface area (TPSA) is 102 Å². The SMILES string of the molecule is Cc1c(C(=O)NCCC(=O)Nc2cccnc2)nnn1-c1cccc(Br)c1. The van der Waals surface area contributed by atoms with E-state index in [9.17, 15) is 9.59 Å². The van der Waals surface area contributed by atoms with E-state index in [1.54, 1.807) is 36.1 Å². The van der Waals surface area contributed by atoms with E-state index in [1.807, 2.05) is 24.3 Å². The summed E-state index contributed by atoms with van der Waals surface area (Å²) >= 11 is 3.41. The van der Waals surface area contributed by atoms with Crippen LogP contribution in [0, 0.1) is 6.92 Å². The zero-order valence-electron chi connectivity index (χ0n) is 14.5. The van der Waals surface area contributed by atoms with Gasteiger partial charge in [0, 0.05) is 23.6 Å². The molecule has 138 valence electrons. The lowest BCUT2D eigenvalue weighted by Gasteiger charge is -2.06. The zero-order chi connectivity index (χ0) is 19.2. The molecule has 0 unspecified atom stereocenters. The third-order valence-electron chi connectivity index (χ3n) is 3.75. The molecule has 0 aliphatic carbocycles. The monoisotopic (exact) mass is 428 g/mol. The average molecular weight is 429 g/mol. The number of benzene rings is 1. The third-order valence-corrected chi connectivity index (χ3v) is 4.24. The van der Waals surface area contributed by atoms with E-state index in [-0.39, 0.29) is 30.5 Å². The van der Waals surface area contributed by atoms with Gasteiger partial charge < -0.3 is 10.6 Å². The summed E-state index contributed by atoms with van der Waals surface area (Å²) in [7, 11) is 0. The molecule has 0 radical (unpaired) electrons. The molecule has 0 atom stereocenters. The highest BCUT2D eigenvalue weighted by Gasteiger charge is 2.17. The Hall–Kier alpha value is -3.07. The van der Waals surface area contributed by atoms with Crippen LogP contribution < -0.4 is 10.6 Å². The molecule has 0 aliphatic heterocycles. The van der Waals surface area contributed by atoms with Gasteiger partial charge in [0.2, 0.25) is 5.91 Å². The second-order valence-corrected chi connectivity index (χ2v) is 6.63. The number of carbonyl (C=O) groups is 2. The Kier molecular flexibility index (Phi) is 5.92. The maximum Gasteiger partial charge on any atom is 0.273 e. The van der Waals surface area contributed by atoms with E-state index in [1.165, 1.54) is 0 Å². The van der Waals surface area contributed by atoms with E-state index in [2.05, 4.69) is 41.9 Å². The maximum absolute atomic E-state index is 12.3. The number of amides is 2. The van der Waals surface area contributed by atoms with Crippen LogP contribution in [-0.4, -0.2) is 38.3 Å². The Labute approximate surface area is 164 Å². The summed E-state index contributed by atoms with van der Waals surface area (Å²) < 4.78 is 2.50. The smallest absolute Gasteiger partial charge is 0.273 e. The summed E-state index contributed by atoms with van der Waals surface area (Å²) in [5.41, 5.74) is 2.25. The van der Waals surface area contributed by atoms with Gasteiger partial charge in [-0.15, -0.1) is 5.10 Å². The first-order valence-electron chi connectivity index (χ1n) is 8.21. The normalized spacial score (nSPS) is 10.4. The van der Waals surface area contributed by atoms with Gasteiger partial charge in [0.25, 0.3) is 5.91 Å². The highest BCUT2D eigenvalue weighted by molar-refractivity contribution is 9.10. The largest absolute Gasteiger partial charge is 0.350 e. The molecule has 1 aromatic carbocycles. The van der Waals surface area contributed by atoms with Gasteiger partial charge in [-0.3, -0.25) is 14.6 Å². The molecule has 0 bridgehead atoms. The number of anilines is 1. The minimum Gasteiger partial charge on any atom is -0.350 e. The Morgan fingerprint density at radius 1 is 1.22 bits per heavy atom. The van der Waals surface area contributed by atoms with Gasteiger partial charge in [-0.2, -0.15) is 0 Å². The van der Waals surface area contributed by atoms with Crippen LogP contribution >= 0.6 is 15.9 Å². The first kappa shape index (κ1) is 18.7. The summed E-state index contributed by atoms with van der Waals surface area (Å²) in [4.78, 5) is 28.2. The van der Waals surface area contributed by atoms with Crippen molar-refractivity contribution in [2.24, 2.45) is 0 Å². The van der Waals surface area contributed by atoms with Gasteiger partial charge in [-0.05, 0) is 37.3 Å². The number of hydrogen-bond donors (Lipinski definition) is 2. The molecule has 2 aromatic heterocycles. The van der Waals surface area contributed by atoms with Crippen molar-refractivity contribution < 1.29 is 9.59 Å². The fraction of sp³-hybridized carbons (Fsp3) is 0.167. The molecule has 0 spiro atoms. The van der Waals surface area contributed by atoms with E-state index < -0.39 is 0 Å². The number of pyridine rings is 1. The Balaban J connectivity index is 1.56. The van der Waals surface area contributed by atoms with Gasteiger partial charge in [-0.1, -0.05) is 27.2 Å². The van der Waals surface area contributed by atoms with Crippen LogP contribution in [0.15, 0.2) is 53.3 Å². The molecule has 3 aromatic rings. The molecule has 2 N–H and O–H groups in total. The number of halogens is 1. The molecule has 9 heteroatoms. The molecule has 27 heavy (non-hydrogen) atoms. The quantitative estimate of drug-likeness (QED) is 0.627. The molecule has 0 aliphatic rings. The van der Waals surface area contributed by atoms with Gasteiger partial charge in [0.1, 0.15) is 0 Å². The van der Waals surface area contributed by atoms with Gasteiger partial charge in [0.15, 0.2) is 5.69 Å². The summed E-state index contributed by atoms with van der Waals surface area (Å²) in [6.07, 6.45) is 3.32. The van der Waals surface area contributed by atoms with Crippen molar-refractivity contribution in [3.8, 4) is 5.69 Å². The second kappa shape index (κ2) is 8.54. The van der Waals surface area contributed by atoms with Gasteiger partial charge in [-0.25, -0.2) is 4.68 Å². The predicted octanol–water partition coefficient (Wildman–Crippen LogP) is 2.49.